The third-order valence-corrected chi connectivity index (χ3v) is 2.41. The fourth-order valence-corrected chi connectivity index (χ4v) is 1.57. The minimum atomic E-state index is -0.876. The number of aliphatic carboxylic acids is 2. The van der Waals surface area contributed by atoms with Crippen LogP contribution in [0.25, 0.3) is 0 Å². The van der Waals surface area contributed by atoms with Gasteiger partial charge in [-0.2, -0.15) is 0 Å². The summed E-state index contributed by atoms with van der Waals surface area (Å²) in [7, 11) is 0. The average Bonchev–Trinajstić information content (AvgIpc) is 2.16. The molecule has 0 aromatic heterocycles. The van der Waals surface area contributed by atoms with Crippen LogP contribution in [0.3, 0.4) is 0 Å². The van der Waals surface area contributed by atoms with E-state index in [1.54, 1.807) is 0 Å². The van der Waals surface area contributed by atoms with E-state index < -0.39 is 18.0 Å². The minimum absolute atomic E-state index is 0.0328. The zero-order valence-corrected chi connectivity index (χ0v) is 9.27. The Morgan fingerprint density at radius 1 is 1.20 bits per heavy atom. The van der Waals surface area contributed by atoms with Crippen molar-refractivity contribution in [2.24, 2.45) is 0 Å². The molecule has 0 rings (SSSR count). The Hall–Kier alpha value is -1.10. The van der Waals surface area contributed by atoms with E-state index in [0.29, 0.717) is 25.9 Å². The first kappa shape index (κ1) is 13.9. The van der Waals surface area contributed by atoms with Crippen molar-refractivity contribution < 1.29 is 19.8 Å². The molecule has 0 amide bonds. The van der Waals surface area contributed by atoms with Crippen molar-refractivity contribution >= 4 is 11.9 Å². The first-order chi connectivity index (χ1) is 7.02. The summed E-state index contributed by atoms with van der Waals surface area (Å²) in [6.45, 7) is 5.13. The van der Waals surface area contributed by atoms with Gasteiger partial charge in [0.15, 0.2) is 0 Å². The predicted molar refractivity (Wildman–Crippen MR) is 55.8 cm³/mol. The summed E-state index contributed by atoms with van der Waals surface area (Å²) < 4.78 is 0. The van der Waals surface area contributed by atoms with Crippen LogP contribution in [0.5, 0.6) is 0 Å². The van der Waals surface area contributed by atoms with Gasteiger partial charge in [-0.3, -0.25) is 14.5 Å². The number of hydrogen-bond acceptors (Lipinski definition) is 3. The van der Waals surface area contributed by atoms with Crippen molar-refractivity contribution in [3.05, 3.63) is 0 Å². The Morgan fingerprint density at radius 3 is 2.07 bits per heavy atom. The number of rotatable bonds is 8. The van der Waals surface area contributed by atoms with Crippen LogP contribution >= 0.6 is 0 Å². The molecule has 1 atom stereocenters. The zero-order chi connectivity index (χ0) is 11.8. The van der Waals surface area contributed by atoms with Crippen LogP contribution in [0.4, 0.5) is 0 Å². The third kappa shape index (κ3) is 5.37. The largest absolute Gasteiger partial charge is 0.481 e. The van der Waals surface area contributed by atoms with Crippen LogP contribution in [0.1, 0.15) is 33.1 Å². The molecule has 0 saturated heterocycles. The van der Waals surface area contributed by atoms with Crippen molar-refractivity contribution in [3.8, 4) is 0 Å². The summed E-state index contributed by atoms with van der Waals surface area (Å²) in [4.78, 5) is 23.1. The van der Waals surface area contributed by atoms with E-state index in [1.165, 1.54) is 0 Å². The standard InChI is InChI=1S/C10H19NO4/c1-3-11(4-2)8(10(14)15)6-5-7-9(12)13/h8H,3-7H2,1-2H3,(H,12,13)(H,14,15). The van der Waals surface area contributed by atoms with Crippen molar-refractivity contribution in [2.75, 3.05) is 13.1 Å². The van der Waals surface area contributed by atoms with Crippen LogP contribution in [0.2, 0.25) is 0 Å². The van der Waals surface area contributed by atoms with E-state index in [0.717, 1.165) is 0 Å². The maximum atomic E-state index is 10.9. The topological polar surface area (TPSA) is 77.8 Å². The maximum absolute atomic E-state index is 10.9. The van der Waals surface area contributed by atoms with Gasteiger partial charge in [0.25, 0.3) is 0 Å². The lowest BCUT2D eigenvalue weighted by Crippen LogP contribution is -2.41. The predicted octanol–water partition coefficient (Wildman–Crippen LogP) is 1.04. The summed E-state index contributed by atoms with van der Waals surface area (Å²) in [5.74, 6) is -1.75. The normalized spacial score (nSPS) is 12.7. The Labute approximate surface area is 89.7 Å². The number of carboxylic acid groups (broad SMARTS) is 2. The molecule has 0 aliphatic carbocycles. The Kier molecular flexibility index (Phi) is 6.70. The molecule has 0 bridgehead atoms. The molecular weight excluding hydrogens is 198 g/mol. The molecule has 0 saturated carbocycles. The molecule has 2 N–H and O–H groups in total. The number of nitrogens with zero attached hydrogens (tertiary/aromatic N) is 1. The van der Waals surface area contributed by atoms with Crippen molar-refractivity contribution in [2.45, 2.75) is 39.2 Å². The Balaban J connectivity index is 4.15. The first-order valence-electron chi connectivity index (χ1n) is 5.21. The zero-order valence-electron chi connectivity index (χ0n) is 9.27. The molecule has 0 aromatic rings. The van der Waals surface area contributed by atoms with Gasteiger partial charge >= 0.3 is 11.9 Å². The lowest BCUT2D eigenvalue weighted by molar-refractivity contribution is -0.144. The van der Waals surface area contributed by atoms with Crippen molar-refractivity contribution in [1.82, 2.24) is 4.90 Å². The average molecular weight is 217 g/mol. The molecule has 0 radical (unpaired) electrons. The summed E-state index contributed by atoms with van der Waals surface area (Å²) in [5.41, 5.74) is 0. The molecule has 5 nitrogen and oxygen atoms in total. The van der Waals surface area contributed by atoms with Crippen LogP contribution in [0, 0.1) is 0 Å². The lowest BCUT2D eigenvalue weighted by atomic mass is 10.1. The highest BCUT2D eigenvalue weighted by Crippen LogP contribution is 2.09. The summed E-state index contributed by atoms with van der Waals surface area (Å²) in [6.07, 6.45) is 0.831. The highest BCUT2D eigenvalue weighted by Gasteiger charge is 2.22. The second kappa shape index (κ2) is 7.23. The van der Waals surface area contributed by atoms with Crippen LogP contribution < -0.4 is 0 Å². The molecule has 0 spiro atoms. The third-order valence-electron chi connectivity index (χ3n) is 2.41. The quantitative estimate of drug-likeness (QED) is 0.635. The molecule has 1 unspecified atom stereocenters. The van der Waals surface area contributed by atoms with Gasteiger partial charge in [0.05, 0.1) is 0 Å². The summed E-state index contributed by atoms with van der Waals surface area (Å²) in [5, 5.41) is 17.4. The van der Waals surface area contributed by atoms with Gasteiger partial charge in [0.2, 0.25) is 0 Å². The van der Waals surface area contributed by atoms with Crippen LogP contribution in [-0.4, -0.2) is 46.2 Å². The highest BCUT2D eigenvalue weighted by molar-refractivity contribution is 5.73. The van der Waals surface area contributed by atoms with E-state index in [9.17, 15) is 9.59 Å². The monoisotopic (exact) mass is 217 g/mol. The van der Waals surface area contributed by atoms with E-state index in [-0.39, 0.29) is 6.42 Å². The number of carbonyl (C=O) groups is 2. The molecule has 88 valence electrons. The fraction of sp³-hybridized carbons (Fsp3) is 0.800. The van der Waals surface area contributed by atoms with Gasteiger partial charge in [-0.05, 0) is 25.9 Å². The molecule has 0 aliphatic heterocycles. The van der Waals surface area contributed by atoms with E-state index in [1.807, 2.05) is 18.7 Å². The van der Waals surface area contributed by atoms with E-state index in [4.69, 9.17) is 10.2 Å². The van der Waals surface area contributed by atoms with Crippen LogP contribution in [0.15, 0.2) is 0 Å². The Bertz CT molecular complexity index is 213. The smallest absolute Gasteiger partial charge is 0.320 e. The van der Waals surface area contributed by atoms with Crippen LogP contribution in [-0.2, 0) is 9.59 Å². The van der Waals surface area contributed by atoms with Crippen molar-refractivity contribution in [3.63, 3.8) is 0 Å². The van der Waals surface area contributed by atoms with Gasteiger partial charge in [0, 0.05) is 6.42 Å². The SMILES string of the molecule is CCN(CC)C(CCCC(=O)O)C(=O)O. The number of hydrogen-bond donors (Lipinski definition) is 2. The minimum Gasteiger partial charge on any atom is -0.481 e. The highest BCUT2D eigenvalue weighted by atomic mass is 16.4. The first-order valence-corrected chi connectivity index (χ1v) is 5.21. The van der Waals surface area contributed by atoms with Gasteiger partial charge < -0.3 is 10.2 Å². The van der Waals surface area contributed by atoms with Gasteiger partial charge in [-0.1, -0.05) is 13.8 Å². The summed E-state index contributed by atoms with van der Waals surface area (Å²) >= 11 is 0. The lowest BCUT2D eigenvalue weighted by Gasteiger charge is -2.25. The molecule has 0 aromatic carbocycles. The Morgan fingerprint density at radius 2 is 1.73 bits per heavy atom. The molecule has 0 aliphatic rings. The molecule has 0 heterocycles. The molecular formula is C10H19NO4. The number of likely N-dealkylation sites (N-methyl/N-ethyl adjacent to an activating group) is 1. The molecule has 15 heavy (non-hydrogen) atoms. The molecule has 0 fully saturated rings. The molecule has 5 heteroatoms. The van der Waals surface area contributed by atoms with E-state index >= 15 is 0 Å². The van der Waals surface area contributed by atoms with Gasteiger partial charge in [-0.15, -0.1) is 0 Å². The number of carboxylic acids is 2. The summed E-state index contributed by atoms with van der Waals surface area (Å²) in [6, 6.07) is -0.556. The maximum Gasteiger partial charge on any atom is 0.320 e. The van der Waals surface area contributed by atoms with Crippen molar-refractivity contribution in [1.29, 1.82) is 0 Å². The second-order valence-electron chi connectivity index (χ2n) is 3.36. The second-order valence-corrected chi connectivity index (χ2v) is 3.36. The van der Waals surface area contributed by atoms with Gasteiger partial charge in [-0.25, -0.2) is 0 Å². The van der Waals surface area contributed by atoms with Gasteiger partial charge in [0.1, 0.15) is 6.04 Å². The van der Waals surface area contributed by atoms with E-state index in [2.05, 4.69) is 0 Å². The fourth-order valence-electron chi connectivity index (χ4n) is 1.57.